The average molecular weight is 447 g/mol. The van der Waals surface area contributed by atoms with Gasteiger partial charge in [-0.05, 0) is 51.8 Å². The lowest BCUT2D eigenvalue weighted by Gasteiger charge is -2.34. The van der Waals surface area contributed by atoms with Crippen molar-refractivity contribution in [1.82, 2.24) is 19.4 Å². The number of halogens is 1. The summed E-state index contributed by atoms with van der Waals surface area (Å²) in [4.78, 5) is 34.4. The Morgan fingerprint density at radius 3 is 2.89 bits per heavy atom. The minimum absolute atomic E-state index is 0.118. The van der Waals surface area contributed by atoms with E-state index in [-0.39, 0.29) is 17.8 Å². The van der Waals surface area contributed by atoms with Gasteiger partial charge in [-0.1, -0.05) is 15.9 Å². The molecule has 1 fully saturated rings. The van der Waals surface area contributed by atoms with Crippen LogP contribution >= 0.6 is 15.9 Å². The molecular formula is C20H23BrN4O3. The molecule has 0 radical (unpaired) electrons. The van der Waals surface area contributed by atoms with Gasteiger partial charge in [-0.15, -0.1) is 0 Å². The van der Waals surface area contributed by atoms with E-state index in [9.17, 15) is 9.59 Å². The number of carbonyl (C=O) groups excluding carboxylic acids is 1. The van der Waals surface area contributed by atoms with E-state index in [1.54, 1.807) is 15.7 Å². The second-order valence-electron chi connectivity index (χ2n) is 8.20. The summed E-state index contributed by atoms with van der Waals surface area (Å²) in [6, 6.07) is 5.71. The molecule has 1 amide bonds. The summed E-state index contributed by atoms with van der Waals surface area (Å²) in [6.07, 6.45) is 3.00. The molecule has 8 heteroatoms. The van der Waals surface area contributed by atoms with Gasteiger partial charge in [-0.25, -0.2) is 9.59 Å². The molecule has 3 aromatic rings. The fourth-order valence-electron chi connectivity index (χ4n) is 3.79. The smallest absolute Gasteiger partial charge is 0.410 e. The molecule has 2 aromatic heterocycles. The number of ether oxygens (including phenoxy) is 1. The molecule has 1 aromatic carbocycles. The second kappa shape index (κ2) is 6.92. The van der Waals surface area contributed by atoms with Crippen molar-refractivity contribution < 1.29 is 9.53 Å². The molecule has 1 aliphatic heterocycles. The fourth-order valence-corrected chi connectivity index (χ4v) is 4.15. The first kappa shape index (κ1) is 19.0. The Labute approximate surface area is 170 Å². The van der Waals surface area contributed by atoms with Crippen LogP contribution in [0.15, 0.2) is 33.7 Å². The van der Waals surface area contributed by atoms with E-state index < -0.39 is 5.60 Å². The van der Waals surface area contributed by atoms with E-state index >= 15 is 0 Å². The van der Waals surface area contributed by atoms with Crippen molar-refractivity contribution in [2.45, 2.75) is 45.3 Å². The molecular weight excluding hydrogens is 424 g/mol. The summed E-state index contributed by atoms with van der Waals surface area (Å²) in [6.45, 7) is 6.64. The number of nitrogens with zero attached hydrogens (tertiary/aromatic N) is 3. The van der Waals surface area contributed by atoms with E-state index in [0.717, 1.165) is 33.7 Å². The monoisotopic (exact) mass is 446 g/mol. The number of fused-ring (bicyclic) bond motifs is 3. The minimum atomic E-state index is -0.546. The number of amides is 1. The zero-order valence-electron chi connectivity index (χ0n) is 16.2. The van der Waals surface area contributed by atoms with Crippen LogP contribution in [0.4, 0.5) is 4.79 Å². The quantitative estimate of drug-likeness (QED) is 0.606. The van der Waals surface area contributed by atoms with Crippen molar-refractivity contribution in [3.05, 3.63) is 39.4 Å². The van der Waals surface area contributed by atoms with Crippen LogP contribution in [0.1, 0.15) is 39.7 Å². The molecule has 3 heterocycles. The number of pyridine rings is 1. The molecule has 0 aliphatic carbocycles. The molecule has 0 spiro atoms. The second-order valence-corrected chi connectivity index (χ2v) is 9.12. The van der Waals surface area contributed by atoms with Crippen molar-refractivity contribution >= 4 is 44.0 Å². The van der Waals surface area contributed by atoms with Gasteiger partial charge in [0.15, 0.2) is 0 Å². The SMILES string of the molecule is CC(C)(C)OC(=O)N1CCC[C@H](n2c(=O)[nH]c3cnc4ccc(Br)cc4c32)C1. The minimum Gasteiger partial charge on any atom is -0.444 e. The van der Waals surface area contributed by atoms with Crippen LogP contribution in [0.3, 0.4) is 0 Å². The summed E-state index contributed by atoms with van der Waals surface area (Å²) >= 11 is 3.51. The number of hydrogen-bond acceptors (Lipinski definition) is 4. The molecule has 1 atom stereocenters. The Bertz CT molecular complexity index is 1110. The van der Waals surface area contributed by atoms with E-state index in [4.69, 9.17) is 4.74 Å². The van der Waals surface area contributed by atoms with Gasteiger partial charge < -0.3 is 14.6 Å². The highest BCUT2D eigenvalue weighted by atomic mass is 79.9. The zero-order chi connectivity index (χ0) is 20.1. The lowest BCUT2D eigenvalue weighted by molar-refractivity contribution is 0.0173. The fraction of sp³-hybridized carbons (Fsp3) is 0.450. The highest BCUT2D eigenvalue weighted by Crippen LogP contribution is 2.30. The largest absolute Gasteiger partial charge is 0.444 e. The Hall–Kier alpha value is -2.35. The molecule has 148 valence electrons. The molecule has 28 heavy (non-hydrogen) atoms. The number of hydrogen-bond donors (Lipinski definition) is 1. The number of aromatic nitrogens is 3. The Balaban J connectivity index is 1.76. The average Bonchev–Trinajstić information content (AvgIpc) is 2.96. The lowest BCUT2D eigenvalue weighted by Crippen LogP contribution is -2.44. The van der Waals surface area contributed by atoms with Crippen molar-refractivity contribution in [1.29, 1.82) is 0 Å². The molecule has 1 N–H and O–H groups in total. The van der Waals surface area contributed by atoms with Crippen molar-refractivity contribution in [3.63, 3.8) is 0 Å². The zero-order valence-corrected chi connectivity index (χ0v) is 17.7. The van der Waals surface area contributed by atoms with Gasteiger partial charge in [-0.3, -0.25) is 9.55 Å². The Morgan fingerprint density at radius 2 is 2.14 bits per heavy atom. The van der Waals surface area contributed by atoms with E-state index in [1.807, 2.05) is 39.0 Å². The van der Waals surface area contributed by atoms with Crippen molar-refractivity contribution in [3.8, 4) is 0 Å². The van der Waals surface area contributed by atoms with Gasteiger partial charge in [0.05, 0.1) is 28.8 Å². The predicted molar refractivity (Wildman–Crippen MR) is 112 cm³/mol. The highest BCUT2D eigenvalue weighted by molar-refractivity contribution is 9.10. The third-order valence-electron chi connectivity index (χ3n) is 4.92. The maximum atomic E-state index is 12.8. The van der Waals surface area contributed by atoms with Crippen LogP contribution in [0.2, 0.25) is 0 Å². The van der Waals surface area contributed by atoms with Crippen molar-refractivity contribution in [2.75, 3.05) is 13.1 Å². The van der Waals surface area contributed by atoms with Crippen LogP contribution in [0.25, 0.3) is 21.9 Å². The maximum Gasteiger partial charge on any atom is 0.410 e. The van der Waals surface area contributed by atoms with E-state index in [0.29, 0.717) is 18.6 Å². The van der Waals surface area contributed by atoms with Gasteiger partial charge in [0.1, 0.15) is 5.60 Å². The summed E-state index contributed by atoms with van der Waals surface area (Å²) in [7, 11) is 0. The van der Waals surface area contributed by atoms with Gasteiger partial charge >= 0.3 is 11.8 Å². The molecule has 1 aliphatic rings. The molecule has 0 bridgehead atoms. The summed E-state index contributed by atoms with van der Waals surface area (Å²) in [5, 5.41) is 0.902. The summed E-state index contributed by atoms with van der Waals surface area (Å²) in [5.41, 5.74) is 1.62. The number of carbonyl (C=O) groups is 1. The highest BCUT2D eigenvalue weighted by Gasteiger charge is 2.30. The number of nitrogens with one attached hydrogen (secondary N) is 1. The third-order valence-corrected chi connectivity index (χ3v) is 5.41. The first-order valence-electron chi connectivity index (χ1n) is 9.39. The number of imidazole rings is 1. The Kier molecular flexibility index (Phi) is 4.69. The third kappa shape index (κ3) is 3.53. The molecule has 0 unspecified atom stereocenters. The van der Waals surface area contributed by atoms with Crippen LogP contribution in [-0.4, -0.2) is 44.2 Å². The number of benzene rings is 1. The lowest BCUT2D eigenvalue weighted by atomic mass is 10.1. The summed E-state index contributed by atoms with van der Waals surface area (Å²) < 4.78 is 8.23. The maximum absolute atomic E-state index is 12.8. The van der Waals surface area contributed by atoms with Crippen LogP contribution in [0, 0.1) is 0 Å². The number of H-pyrrole nitrogens is 1. The van der Waals surface area contributed by atoms with E-state index in [2.05, 4.69) is 25.9 Å². The van der Waals surface area contributed by atoms with Crippen LogP contribution in [-0.2, 0) is 4.74 Å². The molecule has 4 rings (SSSR count). The first-order chi connectivity index (χ1) is 13.2. The summed E-state index contributed by atoms with van der Waals surface area (Å²) in [5.74, 6) is 0. The number of likely N-dealkylation sites (tertiary alicyclic amines) is 1. The Morgan fingerprint density at radius 1 is 1.36 bits per heavy atom. The van der Waals surface area contributed by atoms with Gasteiger partial charge in [-0.2, -0.15) is 0 Å². The van der Waals surface area contributed by atoms with Crippen LogP contribution in [0.5, 0.6) is 0 Å². The standard InChI is InChI=1S/C20H23BrN4O3/c1-20(2,3)28-19(27)24-8-4-5-13(11-24)25-17-14-9-12(21)6-7-15(14)22-10-16(17)23-18(25)26/h6-7,9-10,13H,4-5,8,11H2,1-3H3,(H,23,26)/t13-/m0/s1. The number of piperidine rings is 1. The van der Waals surface area contributed by atoms with Crippen LogP contribution < -0.4 is 5.69 Å². The first-order valence-corrected chi connectivity index (χ1v) is 10.2. The molecule has 7 nitrogen and oxygen atoms in total. The van der Waals surface area contributed by atoms with Crippen molar-refractivity contribution in [2.24, 2.45) is 0 Å². The predicted octanol–water partition coefficient (Wildman–Crippen LogP) is 4.21. The topological polar surface area (TPSA) is 80.2 Å². The van der Waals surface area contributed by atoms with E-state index in [1.165, 1.54) is 0 Å². The number of rotatable bonds is 1. The normalized spacial score (nSPS) is 18.0. The number of aromatic amines is 1. The van der Waals surface area contributed by atoms with Gasteiger partial charge in [0, 0.05) is 22.9 Å². The molecule has 1 saturated heterocycles. The van der Waals surface area contributed by atoms with Gasteiger partial charge in [0.2, 0.25) is 0 Å². The van der Waals surface area contributed by atoms with Gasteiger partial charge in [0.25, 0.3) is 0 Å². The molecule has 0 saturated carbocycles.